The van der Waals surface area contributed by atoms with Crippen LogP contribution in [0.25, 0.3) is 27.8 Å². The Hall–Kier alpha value is -3.27. The highest BCUT2D eigenvalue weighted by Gasteiger charge is 2.30. The van der Waals surface area contributed by atoms with Gasteiger partial charge in [-0.3, -0.25) is 4.90 Å². The van der Waals surface area contributed by atoms with Crippen molar-refractivity contribution in [3.8, 4) is 0 Å². The minimum absolute atomic E-state index is 0.209. The summed E-state index contributed by atoms with van der Waals surface area (Å²) < 4.78 is 17.5. The van der Waals surface area contributed by atoms with Crippen molar-refractivity contribution in [2.75, 3.05) is 51.1 Å². The van der Waals surface area contributed by atoms with Crippen LogP contribution in [0.3, 0.4) is 0 Å². The quantitative estimate of drug-likeness (QED) is 0.616. The van der Waals surface area contributed by atoms with Gasteiger partial charge < -0.3 is 24.1 Å². The summed E-state index contributed by atoms with van der Waals surface area (Å²) in [7, 11) is 0. The van der Waals surface area contributed by atoms with Crippen molar-refractivity contribution in [1.29, 1.82) is 0 Å². The molecule has 0 bridgehead atoms. The topological polar surface area (TPSA) is 88.8 Å². The Kier molecular flexibility index (Phi) is 5.26. The van der Waals surface area contributed by atoms with Crippen LogP contribution in [0.2, 0.25) is 0 Å². The van der Waals surface area contributed by atoms with Crippen molar-refractivity contribution >= 4 is 33.6 Å². The van der Waals surface area contributed by atoms with E-state index in [1.54, 1.807) is 0 Å². The van der Waals surface area contributed by atoms with Gasteiger partial charge in [0.2, 0.25) is 5.71 Å². The molecule has 1 aliphatic carbocycles. The third-order valence-corrected chi connectivity index (χ3v) is 7.15. The number of aromatic nitrogens is 3. The van der Waals surface area contributed by atoms with Crippen molar-refractivity contribution in [2.24, 2.45) is 5.92 Å². The van der Waals surface area contributed by atoms with Gasteiger partial charge in [-0.05, 0) is 24.3 Å². The molecule has 180 valence electrons. The number of allylic oxidation sites excluding steroid dienone is 2. The highest BCUT2D eigenvalue weighted by atomic mass is 16.5. The summed E-state index contributed by atoms with van der Waals surface area (Å²) in [5.74, 6) is 1.77. The Morgan fingerprint density at radius 2 is 2.00 bits per heavy atom. The van der Waals surface area contributed by atoms with E-state index in [1.807, 2.05) is 12.4 Å². The van der Waals surface area contributed by atoms with E-state index in [0.29, 0.717) is 31.2 Å². The van der Waals surface area contributed by atoms with Gasteiger partial charge in [0.05, 0.1) is 31.4 Å². The van der Waals surface area contributed by atoms with E-state index in [0.717, 1.165) is 72.9 Å². The van der Waals surface area contributed by atoms with Crippen LogP contribution in [0.4, 0.5) is 5.82 Å². The van der Waals surface area contributed by atoms with Crippen LogP contribution in [0.5, 0.6) is 0 Å². The fourth-order valence-corrected chi connectivity index (χ4v) is 5.37. The second-order valence-electron chi connectivity index (χ2n) is 9.47. The lowest BCUT2D eigenvalue weighted by atomic mass is 9.88. The van der Waals surface area contributed by atoms with Gasteiger partial charge in [-0.1, -0.05) is 24.3 Å². The smallest absolute Gasteiger partial charge is 0.229 e. The van der Waals surface area contributed by atoms with Crippen LogP contribution in [0, 0.1) is 5.92 Å². The van der Waals surface area contributed by atoms with Crippen LogP contribution in [-0.2, 0) is 16.0 Å². The highest BCUT2D eigenvalue weighted by molar-refractivity contribution is 6.05. The molecule has 0 aromatic carbocycles. The number of furan rings is 1. The highest BCUT2D eigenvalue weighted by Crippen LogP contribution is 2.37. The number of hydrogen-bond donors (Lipinski definition) is 1. The van der Waals surface area contributed by atoms with Crippen LogP contribution in [0.1, 0.15) is 17.8 Å². The van der Waals surface area contributed by atoms with Crippen LogP contribution in [0.15, 0.2) is 47.2 Å². The molecule has 9 heteroatoms. The third-order valence-electron chi connectivity index (χ3n) is 7.15. The molecular formula is C26H28N6O3. The summed E-state index contributed by atoms with van der Waals surface area (Å²) in [4.78, 5) is 19.4. The lowest BCUT2D eigenvalue weighted by Gasteiger charge is -2.28. The minimum Gasteiger partial charge on any atom is -0.432 e. The summed E-state index contributed by atoms with van der Waals surface area (Å²) in [6.45, 7) is 6.19. The minimum atomic E-state index is 0.209. The fraction of sp³-hybridized carbons (Fsp3) is 0.423. The number of rotatable bonds is 4. The standard InChI is InChI=1S/C26H28N6O3/c1-3-19(18-5-6-27-21(18)4-1)24-29-22-20-13-17(15-31-7-2-10-34-16-31)14-28-26(20)35-23(22)25(30-24)32-8-11-33-12-9-32/h1,3-6,13-14,18,21,27H,2,7-12,15-16H2. The molecule has 2 atom stereocenters. The summed E-state index contributed by atoms with van der Waals surface area (Å²) in [5, 5.41) is 4.34. The lowest BCUT2D eigenvalue weighted by molar-refractivity contribution is -0.0177. The van der Waals surface area contributed by atoms with Gasteiger partial charge in [0, 0.05) is 50.5 Å². The monoisotopic (exact) mass is 472 g/mol. The molecule has 0 spiro atoms. The fourth-order valence-electron chi connectivity index (χ4n) is 5.37. The molecule has 0 radical (unpaired) electrons. The Morgan fingerprint density at radius 1 is 1.06 bits per heavy atom. The first-order valence-corrected chi connectivity index (χ1v) is 12.4. The van der Waals surface area contributed by atoms with E-state index >= 15 is 0 Å². The maximum Gasteiger partial charge on any atom is 0.229 e. The number of anilines is 1. The van der Waals surface area contributed by atoms with Gasteiger partial charge in [-0.2, -0.15) is 0 Å². The zero-order chi connectivity index (χ0) is 23.2. The number of hydrogen-bond acceptors (Lipinski definition) is 9. The second-order valence-corrected chi connectivity index (χ2v) is 9.47. The lowest BCUT2D eigenvalue weighted by Crippen LogP contribution is -2.37. The number of fused-ring (bicyclic) bond motifs is 4. The molecule has 3 aliphatic heterocycles. The van der Waals surface area contributed by atoms with E-state index in [1.165, 1.54) is 0 Å². The molecule has 2 saturated heterocycles. The summed E-state index contributed by atoms with van der Waals surface area (Å²) in [5.41, 5.74) is 4.34. The van der Waals surface area contributed by atoms with E-state index in [9.17, 15) is 0 Å². The average molecular weight is 473 g/mol. The second kappa shape index (κ2) is 8.75. The SMILES string of the molecule is C1=CC2NC=CC2C(c2nc(N3CCOCC3)c3oc4ncc(CN5CCCOC5)cc4c3n2)=C1. The van der Waals surface area contributed by atoms with Crippen molar-refractivity contribution in [2.45, 2.75) is 19.0 Å². The molecule has 6 heterocycles. The van der Waals surface area contributed by atoms with Gasteiger partial charge in [0.15, 0.2) is 17.2 Å². The zero-order valence-electron chi connectivity index (χ0n) is 19.5. The molecular weight excluding hydrogens is 444 g/mol. The van der Waals surface area contributed by atoms with Crippen LogP contribution < -0.4 is 10.2 Å². The molecule has 35 heavy (non-hydrogen) atoms. The van der Waals surface area contributed by atoms with Crippen molar-refractivity contribution in [3.05, 3.63) is 54.2 Å². The average Bonchev–Trinajstić information content (AvgIpc) is 3.54. The third kappa shape index (κ3) is 3.80. The van der Waals surface area contributed by atoms with Crippen molar-refractivity contribution < 1.29 is 13.9 Å². The number of morpholine rings is 1. The van der Waals surface area contributed by atoms with Gasteiger partial charge in [0.1, 0.15) is 5.52 Å². The number of nitrogens with zero attached hydrogens (tertiary/aromatic N) is 5. The molecule has 2 unspecified atom stereocenters. The van der Waals surface area contributed by atoms with E-state index in [4.69, 9.17) is 23.9 Å². The van der Waals surface area contributed by atoms with Gasteiger partial charge in [-0.15, -0.1) is 0 Å². The maximum absolute atomic E-state index is 6.29. The van der Waals surface area contributed by atoms with Crippen molar-refractivity contribution in [3.63, 3.8) is 0 Å². The largest absolute Gasteiger partial charge is 0.432 e. The van der Waals surface area contributed by atoms with Crippen LogP contribution in [-0.4, -0.2) is 72.1 Å². The summed E-state index contributed by atoms with van der Waals surface area (Å²) in [6.07, 6.45) is 13.6. The zero-order valence-corrected chi connectivity index (χ0v) is 19.5. The molecule has 4 aliphatic rings. The molecule has 0 amide bonds. The number of nitrogens with one attached hydrogen (secondary N) is 1. The Morgan fingerprint density at radius 3 is 2.89 bits per heavy atom. The molecule has 0 saturated carbocycles. The molecule has 1 N–H and O–H groups in total. The molecule has 9 nitrogen and oxygen atoms in total. The maximum atomic E-state index is 6.29. The Bertz CT molecular complexity index is 1350. The Balaban J connectivity index is 1.36. The molecule has 3 aromatic rings. The van der Waals surface area contributed by atoms with Gasteiger partial charge >= 0.3 is 0 Å². The van der Waals surface area contributed by atoms with Gasteiger partial charge in [-0.25, -0.2) is 15.0 Å². The summed E-state index contributed by atoms with van der Waals surface area (Å²) >= 11 is 0. The number of ether oxygens (including phenoxy) is 2. The first kappa shape index (κ1) is 21.0. The molecule has 7 rings (SSSR count). The predicted octanol–water partition coefficient (Wildman–Crippen LogP) is 2.84. The van der Waals surface area contributed by atoms with E-state index in [2.05, 4.69) is 50.5 Å². The van der Waals surface area contributed by atoms with E-state index < -0.39 is 0 Å². The summed E-state index contributed by atoms with van der Waals surface area (Å²) in [6, 6.07) is 2.40. The van der Waals surface area contributed by atoms with Crippen molar-refractivity contribution in [1.82, 2.24) is 25.2 Å². The molecule has 2 fully saturated rings. The normalized spacial score (nSPS) is 24.7. The van der Waals surface area contributed by atoms with Crippen LogP contribution >= 0.6 is 0 Å². The first-order valence-electron chi connectivity index (χ1n) is 12.4. The Labute approximate surface area is 203 Å². The molecule has 3 aromatic heterocycles. The van der Waals surface area contributed by atoms with E-state index in [-0.39, 0.29) is 12.0 Å². The predicted molar refractivity (Wildman–Crippen MR) is 133 cm³/mol. The number of pyridine rings is 1. The first-order chi connectivity index (χ1) is 17.3. The van der Waals surface area contributed by atoms with Gasteiger partial charge in [0.25, 0.3) is 0 Å².